The van der Waals surface area contributed by atoms with Gasteiger partial charge in [0.15, 0.2) is 0 Å². The number of rotatable bonds is 6. The van der Waals surface area contributed by atoms with Crippen LogP contribution in [-0.4, -0.2) is 74.7 Å². The van der Waals surface area contributed by atoms with Crippen molar-refractivity contribution in [3.05, 3.63) is 53.6 Å². The van der Waals surface area contributed by atoms with E-state index in [-0.39, 0.29) is 35.8 Å². The monoisotopic (exact) mass is 509 g/mol. The number of hydrogen-bond donors (Lipinski definition) is 1. The van der Waals surface area contributed by atoms with Crippen LogP contribution in [-0.2, 0) is 16.1 Å². The molecule has 1 saturated carbocycles. The van der Waals surface area contributed by atoms with Crippen LogP contribution in [0.2, 0.25) is 0 Å². The van der Waals surface area contributed by atoms with Gasteiger partial charge in [0.25, 0.3) is 5.91 Å². The lowest BCUT2D eigenvalue weighted by Gasteiger charge is -2.36. The highest BCUT2D eigenvalue weighted by Gasteiger charge is 2.31. The van der Waals surface area contributed by atoms with E-state index in [2.05, 4.69) is 36.2 Å². The molecule has 1 aliphatic heterocycles. The largest absolute Gasteiger partial charge is 0.497 e. The van der Waals surface area contributed by atoms with Crippen LogP contribution in [0.5, 0.6) is 11.5 Å². The maximum Gasteiger partial charge on any atom is 0.257 e. The molecule has 8 nitrogen and oxygen atoms in total. The lowest BCUT2D eigenvalue weighted by molar-refractivity contribution is -0.117. The van der Waals surface area contributed by atoms with Crippen molar-refractivity contribution in [1.82, 2.24) is 9.80 Å². The van der Waals surface area contributed by atoms with Gasteiger partial charge in [0, 0.05) is 51.4 Å². The van der Waals surface area contributed by atoms with E-state index in [1.807, 2.05) is 12.1 Å². The first-order chi connectivity index (χ1) is 17.8. The summed E-state index contributed by atoms with van der Waals surface area (Å²) in [6.45, 7) is 6.70. The summed E-state index contributed by atoms with van der Waals surface area (Å²) in [5.74, 6) is 1.45. The summed E-state index contributed by atoms with van der Waals surface area (Å²) in [5.41, 5.74) is 2.23. The van der Waals surface area contributed by atoms with Crippen LogP contribution >= 0.6 is 0 Å². The van der Waals surface area contributed by atoms with Crippen molar-refractivity contribution < 1.29 is 23.8 Å². The summed E-state index contributed by atoms with van der Waals surface area (Å²) in [6.07, 6.45) is 1.70. The Labute approximate surface area is 219 Å². The Morgan fingerprint density at radius 2 is 1.81 bits per heavy atom. The Kier molecular flexibility index (Phi) is 8.71. The van der Waals surface area contributed by atoms with Gasteiger partial charge in [-0.15, -0.1) is 0 Å². The second kappa shape index (κ2) is 12.0. The molecule has 8 heteroatoms. The molecule has 37 heavy (non-hydrogen) atoms. The number of hydrogen-bond acceptors (Lipinski definition) is 6. The minimum absolute atomic E-state index is 0.00546. The molecule has 2 amide bonds. The standard InChI is InChI=1S/C29H39N3O5/c1-19-15-32(16-21-6-11-24(35-4)12-7-21)20(2)18-37-26-13-10-23(30-28(33)22-8-9-22)14-25(26)29(34)31(3)17-27(19)36-5/h6-7,10-14,19-20,22,27H,8-9,15-18H2,1-5H3,(H,30,33)/t19-,20-,27-/m0/s1. The van der Waals surface area contributed by atoms with Crippen molar-refractivity contribution in [2.75, 3.05) is 46.3 Å². The molecule has 2 aromatic carbocycles. The molecule has 3 atom stereocenters. The molecule has 1 N–H and O–H groups in total. The minimum atomic E-state index is -0.157. The summed E-state index contributed by atoms with van der Waals surface area (Å²) in [4.78, 5) is 29.9. The smallest absolute Gasteiger partial charge is 0.257 e. The molecule has 0 bridgehead atoms. The molecular formula is C29H39N3O5. The van der Waals surface area contributed by atoms with Gasteiger partial charge in [-0.05, 0) is 61.6 Å². The zero-order chi connectivity index (χ0) is 26.5. The molecule has 0 spiro atoms. The number of carbonyl (C=O) groups is 2. The van der Waals surface area contributed by atoms with Crippen molar-refractivity contribution in [3.63, 3.8) is 0 Å². The van der Waals surface area contributed by atoms with Gasteiger partial charge in [-0.1, -0.05) is 19.1 Å². The highest BCUT2D eigenvalue weighted by molar-refractivity contribution is 6.00. The highest BCUT2D eigenvalue weighted by atomic mass is 16.5. The number of anilines is 1. The predicted octanol–water partition coefficient (Wildman–Crippen LogP) is 4.05. The van der Waals surface area contributed by atoms with Crippen molar-refractivity contribution in [2.45, 2.75) is 45.4 Å². The van der Waals surface area contributed by atoms with Crippen molar-refractivity contribution >= 4 is 17.5 Å². The summed E-state index contributed by atoms with van der Waals surface area (Å²) in [5, 5.41) is 2.95. The third-order valence-electron chi connectivity index (χ3n) is 7.33. The molecule has 2 aliphatic rings. The van der Waals surface area contributed by atoms with Gasteiger partial charge in [0.2, 0.25) is 5.91 Å². The Morgan fingerprint density at radius 1 is 1.08 bits per heavy atom. The molecular weight excluding hydrogens is 470 g/mol. The predicted molar refractivity (Wildman–Crippen MR) is 143 cm³/mol. The first-order valence-electron chi connectivity index (χ1n) is 13.0. The van der Waals surface area contributed by atoms with Crippen molar-refractivity contribution in [1.29, 1.82) is 0 Å². The number of amides is 2. The van der Waals surface area contributed by atoms with E-state index < -0.39 is 0 Å². The molecule has 1 aliphatic carbocycles. The average molecular weight is 510 g/mol. The number of methoxy groups -OCH3 is 2. The molecule has 1 fully saturated rings. The van der Waals surface area contributed by atoms with E-state index in [9.17, 15) is 9.59 Å². The van der Waals surface area contributed by atoms with Gasteiger partial charge >= 0.3 is 0 Å². The van der Waals surface area contributed by atoms with Crippen molar-refractivity contribution in [3.8, 4) is 11.5 Å². The molecule has 0 saturated heterocycles. The van der Waals surface area contributed by atoms with E-state index in [1.165, 1.54) is 5.56 Å². The Bertz CT molecular complexity index is 1090. The highest BCUT2D eigenvalue weighted by Crippen LogP contribution is 2.32. The zero-order valence-electron chi connectivity index (χ0n) is 22.5. The first-order valence-corrected chi connectivity index (χ1v) is 13.0. The van der Waals surface area contributed by atoms with Crippen molar-refractivity contribution in [2.24, 2.45) is 11.8 Å². The van der Waals surface area contributed by atoms with Crippen LogP contribution in [0.1, 0.15) is 42.6 Å². The Morgan fingerprint density at radius 3 is 2.46 bits per heavy atom. The molecule has 200 valence electrons. The van der Waals surface area contributed by atoms with Crippen LogP contribution in [0.3, 0.4) is 0 Å². The van der Waals surface area contributed by atoms with Crippen LogP contribution in [0.15, 0.2) is 42.5 Å². The van der Waals surface area contributed by atoms with Gasteiger partial charge in [-0.25, -0.2) is 0 Å². The molecule has 4 rings (SSSR count). The maximum atomic E-state index is 13.5. The normalized spacial score (nSPS) is 23.3. The fourth-order valence-corrected chi connectivity index (χ4v) is 4.70. The van der Waals surface area contributed by atoms with E-state index in [0.29, 0.717) is 30.2 Å². The number of fused-ring (bicyclic) bond motifs is 1. The topological polar surface area (TPSA) is 80.3 Å². The van der Waals surface area contributed by atoms with Crippen LogP contribution in [0, 0.1) is 11.8 Å². The van der Waals surface area contributed by atoms with Crippen LogP contribution in [0.4, 0.5) is 5.69 Å². The van der Waals surface area contributed by atoms with Crippen LogP contribution < -0.4 is 14.8 Å². The van der Waals surface area contributed by atoms with Gasteiger partial charge in [0.1, 0.15) is 18.1 Å². The number of nitrogens with zero attached hydrogens (tertiary/aromatic N) is 2. The second-order valence-electron chi connectivity index (χ2n) is 10.3. The number of nitrogens with one attached hydrogen (secondary N) is 1. The average Bonchev–Trinajstić information content (AvgIpc) is 3.75. The first kappa shape index (κ1) is 26.9. The lowest BCUT2D eigenvalue weighted by Crippen LogP contribution is -2.46. The molecule has 0 aromatic heterocycles. The van der Waals surface area contributed by atoms with Gasteiger partial charge in [-0.2, -0.15) is 0 Å². The lowest BCUT2D eigenvalue weighted by atomic mass is 10.0. The number of carbonyl (C=O) groups excluding carboxylic acids is 2. The molecule has 0 radical (unpaired) electrons. The zero-order valence-corrected chi connectivity index (χ0v) is 22.5. The summed E-state index contributed by atoms with van der Waals surface area (Å²) < 4.78 is 17.4. The maximum absolute atomic E-state index is 13.5. The van der Waals surface area contributed by atoms with Gasteiger partial charge in [-0.3, -0.25) is 14.5 Å². The SMILES string of the molecule is COc1ccc(CN2C[C@H](C)[C@@H](OC)CN(C)C(=O)c3cc(NC(=O)C4CC4)ccc3OC[C@@H]2C)cc1. The fraction of sp³-hybridized carbons (Fsp3) is 0.517. The van der Waals surface area contributed by atoms with Crippen LogP contribution in [0.25, 0.3) is 0 Å². The fourth-order valence-electron chi connectivity index (χ4n) is 4.70. The van der Waals surface area contributed by atoms with E-state index in [1.54, 1.807) is 44.4 Å². The third kappa shape index (κ3) is 6.81. The van der Waals surface area contributed by atoms with E-state index in [0.717, 1.165) is 31.7 Å². The summed E-state index contributed by atoms with van der Waals surface area (Å²) >= 11 is 0. The second-order valence-corrected chi connectivity index (χ2v) is 10.3. The molecule has 2 aromatic rings. The third-order valence-corrected chi connectivity index (χ3v) is 7.33. The minimum Gasteiger partial charge on any atom is -0.497 e. The molecule has 0 unspecified atom stereocenters. The number of likely N-dealkylation sites (N-methyl/N-ethyl adjacent to an activating group) is 1. The van der Waals surface area contributed by atoms with Gasteiger partial charge < -0.3 is 24.4 Å². The summed E-state index contributed by atoms with van der Waals surface area (Å²) in [6, 6.07) is 13.5. The van der Waals surface area contributed by atoms with Gasteiger partial charge in [0.05, 0.1) is 18.8 Å². The molecule has 1 heterocycles. The Balaban J connectivity index is 1.60. The summed E-state index contributed by atoms with van der Waals surface area (Å²) in [7, 11) is 5.15. The van der Waals surface area contributed by atoms with E-state index in [4.69, 9.17) is 14.2 Å². The Hall–Kier alpha value is -3.10. The number of ether oxygens (including phenoxy) is 3. The number of benzene rings is 2. The quantitative estimate of drug-likeness (QED) is 0.633. The van der Waals surface area contributed by atoms with E-state index >= 15 is 0 Å².